The Morgan fingerprint density at radius 1 is 1.09 bits per heavy atom. The molecule has 3 nitrogen and oxygen atoms in total. The van der Waals surface area contributed by atoms with E-state index >= 15 is 0 Å². The van der Waals surface area contributed by atoms with E-state index in [0.29, 0.717) is 5.92 Å². The Morgan fingerprint density at radius 2 is 1.61 bits per heavy atom. The molecule has 1 saturated heterocycles. The Kier molecular flexibility index (Phi) is 5.39. The quantitative estimate of drug-likeness (QED) is 0.838. The lowest BCUT2D eigenvalue weighted by Gasteiger charge is -2.32. The van der Waals surface area contributed by atoms with Crippen molar-refractivity contribution in [3.8, 4) is 0 Å². The van der Waals surface area contributed by atoms with Crippen molar-refractivity contribution in [2.45, 2.75) is 59.2 Å². The van der Waals surface area contributed by atoms with E-state index in [2.05, 4.69) is 38.1 Å². The molecule has 0 aliphatic carbocycles. The minimum atomic E-state index is -0.500. The second kappa shape index (κ2) is 6.80. The highest BCUT2D eigenvalue weighted by Crippen LogP contribution is 2.38. The third-order valence-corrected chi connectivity index (χ3v) is 4.71. The summed E-state index contributed by atoms with van der Waals surface area (Å²) in [5.74, 6) is 0.647. The summed E-state index contributed by atoms with van der Waals surface area (Å²) in [7, 11) is -0.500. The van der Waals surface area contributed by atoms with E-state index in [9.17, 15) is 5.11 Å². The second-order valence-electron chi connectivity index (χ2n) is 7.81. The lowest BCUT2D eigenvalue weighted by atomic mass is 9.77. The summed E-state index contributed by atoms with van der Waals surface area (Å²) in [6, 6.07) is 8.45. The van der Waals surface area contributed by atoms with E-state index < -0.39 is 18.3 Å². The van der Waals surface area contributed by atoms with Crippen LogP contribution in [-0.4, -0.2) is 30.0 Å². The predicted octanol–water partition coefficient (Wildman–Crippen LogP) is 3.89. The molecule has 0 bridgehead atoms. The lowest BCUT2D eigenvalue weighted by molar-refractivity contribution is 0.00578. The Balaban J connectivity index is 2.16. The molecule has 1 heterocycles. The van der Waals surface area contributed by atoms with Crippen molar-refractivity contribution in [1.29, 1.82) is 0 Å². The second-order valence-corrected chi connectivity index (χ2v) is 7.81. The fourth-order valence-electron chi connectivity index (χ4n) is 2.62. The first-order valence-corrected chi connectivity index (χ1v) is 8.40. The molecule has 0 amide bonds. The molecule has 1 N–H and O–H groups in total. The van der Waals surface area contributed by atoms with E-state index in [1.165, 1.54) is 5.56 Å². The molecule has 0 unspecified atom stereocenters. The summed E-state index contributed by atoms with van der Waals surface area (Å²) in [4.78, 5) is 0. The van der Waals surface area contributed by atoms with Gasteiger partial charge in [-0.15, -0.1) is 0 Å². The van der Waals surface area contributed by atoms with Crippen molar-refractivity contribution in [2.75, 3.05) is 6.61 Å². The summed E-state index contributed by atoms with van der Waals surface area (Å²) in [6.45, 7) is 12.4. The van der Waals surface area contributed by atoms with Crippen LogP contribution in [-0.2, 0) is 15.7 Å². The van der Waals surface area contributed by atoms with Crippen molar-refractivity contribution in [1.82, 2.24) is 0 Å². The van der Waals surface area contributed by atoms with Gasteiger partial charge in [-0.1, -0.05) is 44.2 Å². The molecule has 0 aromatic heterocycles. The van der Waals surface area contributed by atoms with Gasteiger partial charge in [0.2, 0.25) is 0 Å². The van der Waals surface area contributed by atoms with E-state index in [1.807, 2.05) is 33.8 Å². The Bertz CT molecular complexity index is 542. The molecule has 0 spiro atoms. The SMILES string of the molecule is CC(C)Cc1ccc(C=C(CO)B2OC(C)(C)C(C)(C)O2)cc1. The standard InChI is InChI=1S/C19H29BO3/c1-14(2)11-15-7-9-16(10-8-15)12-17(13-21)20-22-18(3,4)19(5,6)23-20/h7-10,12,14,21H,11,13H2,1-6H3. The molecule has 0 atom stereocenters. The van der Waals surface area contributed by atoms with Gasteiger partial charge >= 0.3 is 7.12 Å². The van der Waals surface area contributed by atoms with Crippen LogP contribution < -0.4 is 0 Å². The maximum Gasteiger partial charge on any atom is 0.492 e. The average molecular weight is 316 g/mol. The number of aliphatic hydroxyl groups excluding tert-OH is 1. The van der Waals surface area contributed by atoms with E-state index in [0.717, 1.165) is 17.5 Å². The molecule has 1 aliphatic rings. The fraction of sp³-hybridized carbons (Fsp3) is 0.579. The first-order chi connectivity index (χ1) is 10.6. The number of hydrogen-bond donors (Lipinski definition) is 1. The summed E-state index contributed by atoms with van der Waals surface area (Å²) in [5.41, 5.74) is 2.34. The summed E-state index contributed by atoms with van der Waals surface area (Å²) < 4.78 is 12.0. The van der Waals surface area contributed by atoms with Crippen LogP contribution in [0.5, 0.6) is 0 Å². The molecule has 126 valence electrons. The van der Waals surface area contributed by atoms with Crippen LogP contribution in [0.4, 0.5) is 0 Å². The molecule has 1 aliphatic heterocycles. The zero-order valence-electron chi connectivity index (χ0n) is 15.2. The molecule has 1 fully saturated rings. The maximum absolute atomic E-state index is 9.73. The summed E-state index contributed by atoms with van der Waals surface area (Å²) in [5, 5.41) is 9.73. The average Bonchev–Trinajstić information content (AvgIpc) is 2.66. The molecule has 0 radical (unpaired) electrons. The monoisotopic (exact) mass is 316 g/mol. The molecule has 0 saturated carbocycles. The molecule has 1 aromatic rings. The molecular weight excluding hydrogens is 287 g/mol. The van der Waals surface area contributed by atoms with Crippen molar-refractivity contribution < 1.29 is 14.4 Å². The minimum absolute atomic E-state index is 0.0788. The highest BCUT2D eigenvalue weighted by atomic mass is 16.7. The zero-order chi connectivity index (χ0) is 17.3. The number of rotatable bonds is 5. The third kappa shape index (κ3) is 4.25. The molecule has 4 heteroatoms. The van der Waals surface area contributed by atoms with Gasteiger partial charge in [-0.2, -0.15) is 0 Å². The van der Waals surface area contributed by atoms with Gasteiger partial charge in [-0.3, -0.25) is 0 Å². The van der Waals surface area contributed by atoms with Gasteiger partial charge in [0.05, 0.1) is 17.8 Å². The van der Waals surface area contributed by atoms with Crippen LogP contribution in [0.25, 0.3) is 6.08 Å². The normalized spacial score (nSPS) is 20.3. The van der Waals surface area contributed by atoms with Gasteiger partial charge in [0, 0.05) is 0 Å². The highest BCUT2D eigenvalue weighted by molar-refractivity contribution is 6.55. The minimum Gasteiger partial charge on any atom is -0.400 e. The van der Waals surface area contributed by atoms with Gasteiger partial charge in [-0.25, -0.2) is 0 Å². The molecule has 2 rings (SSSR count). The Morgan fingerprint density at radius 3 is 2.04 bits per heavy atom. The summed E-state index contributed by atoms with van der Waals surface area (Å²) in [6.07, 6.45) is 3.04. The molecule has 1 aromatic carbocycles. The van der Waals surface area contributed by atoms with Crippen molar-refractivity contribution in [3.63, 3.8) is 0 Å². The Labute approximate surface area is 140 Å². The zero-order valence-corrected chi connectivity index (χ0v) is 15.2. The van der Waals surface area contributed by atoms with Crippen molar-refractivity contribution >= 4 is 13.2 Å². The maximum atomic E-state index is 9.73. The van der Waals surface area contributed by atoms with E-state index in [4.69, 9.17) is 9.31 Å². The Hall–Kier alpha value is -1.10. The van der Waals surface area contributed by atoms with Crippen LogP contribution in [0.3, 0.4) is 0 Å². The first-order valence-electron chi connectivity index (χ1n) is 8.40. The van der Waals surface area contributed by atoms with Gasteiger partial charge in [0.15, 0.2) is 0 Å². The van der Waals surface area contributed by atoms with Crippen LogP contribution in [0.15, 0.2) is 29.7 Å². The van der Waals surface area contributed by atoms with Crippen LogP contribution in [0.2, 0.25) is 0 Å². The fourth-order valence-corrected chi connectivity index (χ4v) is 2.62. The molecular formula is C19H29BO3. The summed E-state index contributed by atoms with van der Waals surface area (Å²) >= 11 is 0. The van der Waals surface area contributed by atoms with Crippen LogP contribution in [0, 0.1) is 5.92 Å². The number of aliphatic hydroxyl groups is 1. The predicted molar refractivity (Wildman–Crippen MR) is 96.1 cm³/mol. The topological polar surface area (TPSA) is 38.7 Å². The molecule has 23 heavy (non-hydrogen) atoms. The third-order valence-electron chi connectivity index (χ3n) is 4.71. The number of benzene rings is 1. The first kappa shape index (κ1) is 18.2. The van der Waals surface area contributed by atoms with Crippen LogP contribution >= 0.6 is 0 Å². The number of hydrogen-bond acceptors (Lipinski definition) is 3. The van der Waals surface area contributed by atoms with Crippen LogP contribution in [0.1, 0.15) is 52.7 Å². The van der Waals surface area contributed by atoms with Gasteiger partial charge in [-0.05, 0) is 56.6 Å². The van der Waals surface area contributed by atoms with Gasteiger partial charge in [0.25, 0.3) is 0 Å². The van der Waals surface area contributed by atoms with Crippen molar-refractivity contribution in [3.05, 3.63) is 40.9 Å². The van der Waals surface area contributed by atoms with E-state index in [-0.39, 0.29) is 6.61 Å². The lowest BCUT2D eigenvalue weighted by Crippen LogP contribution is -2.41. The largest absolute Gasteiger partial charge is 0.492 e. The smallest absolute Gasteiger partial charge is 0.400 e. The van der Waals surface area contributed by atoms with Crippen molar-refractivity contribution in [2.24, 2.45) is 5.92 Å². The van der Waals surface area contributed by atoms with Gasteiger partial charge < -0.3 is 14.4 Å². The van der Waals surface area contributed by atoms with E-state index in [1.54, 1.807) is 0 Å². The highest BCUT2D eigenvalue weighted by Gasteiger charge is 2.52. The van der Waals surface area contributed by atoms with Gasteiger partial charge in [0.1, 0.15) is 0 Å².